The molecule has 1 fully saturated rings. The highest BCUT2D eigenvalue weighted by Gasteiger charge is 2.32. The van der Waals surface area contributed by atoms with Gasteiger partial charge in [0.05, 0.1) is 30.6 Å². The third-order valence-corrected chi connectivity index (χ3v) is 8.92. The molecule has 7 nitrogen and oxygen atoms in total. The van der Waals surface area contributed by atoms with Gasteiger partial charge in [-0.2, -0.15) is 0 Å². The van der Waals surface area contributed by atoms with E-state index in [1.807, 2.05) is 0 Å². The number of aromatic nitrogens is 2. The lowest BCUT2D eigenvalue weighted by Crippen LogP contribution is -2.35. The molecule has 1 saturated carbocycles. The molecule has 0 saturated heterocycles. The van der Waals surface area contributed by atoms with Crippen molar-refractivity contribution in [2.75, 3.05) is 13.7 Å². The van der Waals surface area contributed by atoms with Gasteiger partial charge in [0.25, 0.3) is 0 Å². The first kappa shape index (κ1) is 24.0. The number of hydrogen-bond donors (Lipinski definition) is 1. The Labute approximate surface area is 217 Å². The van der Waals surface area contributed by atoms with Crippen molar-refractivity contribution in [3.63, 3.8) is 0 Å². The monoisotopic (exact) mass is 501 g/mol. The Morgan fingerprint density at radius 1 is 1.00 bits per heavy atom. The van der Waals surface area contributed by atoms with Crippen LogP contribution in [0.1, 0.15) is 66.1 Å². The predicted molar refractivity (Wildman–Crippen MR) is 141 cm³/mol. The van der Waals surface area contributed by atoms with Gasteiger partial charge in [-0.15, -0.1) is 0 Å². The molecule has 2 aliphatic carbocycles. The summed E-state index contributed by atoms with van der Waals surface area (Å²) >= 11 is 0. The zero-order chi connectivity index (χ0) is 25.5. The maximum absolute atomic E-state index is 12.3. The maximum atomic E-state index is 12.3. The van der Waals surface area contributed by atoms with Crippen LogP contribution in [0.2, 0.25) is 0 Å². The van der Waals surface area contributed by atoms with E-state index in [0.717, 1.165) is 67.5 Å². The van der Waals surface area contributed by atoms with Crippen LogP contribution in [0, 0.1) is 11.8 Å². The summed E-state index contributed by atoms with van der Waals surface area (Å²) in [6, 6.07) is 13.2. The van der Waals surface area contributed by atoms with Gasteiger partial charge in [-0.3, -0.25) is 4.79 Å². The van der Waals surface area contributed by atoms with Crippen molar-refractivity contribution in [2.24, 2.45) is 11.8 Å². The molecule has 6 rings (SSSR count). The number of ether oxygens (including phenoxy) is 1. The van der Waals surface area contributed by atoms with Crippen LogP contribution in [0.3, 0.4) is 0 Å². The van der Waals surface area contributed by atoms with Crippen LogP contribution in [0.5, 0.6) is 0 Å². The number of carbonyl (C=O) groups excluding carboxylic acids is 1. The van der Waals surface area contributed by atoms with E-state index >= 15 is 0 Å². The molecule has 2 aromatic carbocycles. The largest absolute Gasteiger partial charge is 0.481 e. The summed E-state index contributed by atoms with van der Waals surface area (Å²) in [4.78, 5) is 30.9. The number of fused-ring (bicyclic) bond motifs is 4. The van der Waals surface area contributed by atoms with Gasteiger partial charge < -0.3 is 19.3 Å². The van der Waals surface area contributed by atoms with Crippen molar-refractivity contribution >= 4 is 23.1 Å². The molecule has 0 radical (unpaired) electrons. The summed E-state index contributed by atoms with van der Waals surface area (Å²) in [5.41, 5.74) is 7.45. The van der Waals surface area contributed by atoms with Gasteiger partial charge in [-0.05, 0) is 80.0 Å². The van der Waals surface area contributed by atoms with E-state index in [2.05, 4.69) is 41.0 Å². The summed E-state index contributed by atoms with van der Waals surface area (Å²) in [5, 5.41) is 9.52. The quantitative estimate of drug-likeness (QED) is 0.523. The van der Waals surface area contributed by atoms with Gasteiger partial charge in [-0.25, -0.2) is 9.78 Å². The third-order valence-electron chi connectivity index (χ3n) is 8.92. The number of carbonyl (C=O) groups is 2. The zero-order valence-corrected chi connectivity index (χ0v) is 21.5. The number of amides is 1. The zero-order valence-electron chi connectivity index (χ0n) is 21.5. The summed E-state index contributed by atoms with van der Waals surface area (Å²) in [6.45, 7) is 2.08. The minimum atomic E-state index is -0.676. The van der Waals surface area contributed by atoms with E-state index < -0.39 is 5.97 Å². The molecule has 1 aromatic heterocycles. The second kappa shape index (κ2) is 9.84. The number of imidazole rings is 1. The Hall–Kier alpha value is -3.35. The molecule has 7 heteroatoms. The lowest BCUT2D eigenvalue weighted by Gasteiger charge is -2.29. The Morgan fingerprint density at radius 3 is 2.54 bits per heavy atom. The van der Waals surface area contributed by atoms with Crippen molar-refractivity contribution in [3.8, 4) is 0 Å². The molecular formula is C30H35N3O4. The number of benzene rings is 2. The standard InChI is InChI=1S/C30H35N3O4/c1-37-30(36)32-15-14-21-12-13-26-27(25(21)18-32)31-28(22-8-10-23(11-9-22)29(34)35)33(26)17-19-6-7-20-4-2-3-5-24(20)16-19/h2-5,12-13,19,22-23H,6-11,14-18H2,1H3,(H,34,35)/t19-,22?,23?/m0/s1. The lowest BCUT2D eigenvalue weighted by atomic mass is 9.81. The topological polar surface area (TPSA) is 84.7 Å². The highest BCUT2D eigenvalue weighted by molar-refractivity contribution is 5.82. The predicted octanol–water partition coefficient (Wildman–Crippen LogP) is 5.32. The van der Waals surface area contributed by atoms with Crippen molar-refractivity contribution in [3.05, 3.63) is 64.5 Å². The SMILES string of the molecule is COC(=O)N1CCc2ccc3c(nc(C4CCC(C(=O)O)CC4)n3C[C@H]3CCc4ccccc4C3)c2C1. The molecule has 3 aromatic rings. The Morgan fingerprint density at radius 2 is 1.78 bits per heavy atom. The molecule has 0 unspecified atom stereocenters. The van der Waals surface area contributed by atoms with Gasteiger partial charge >= 0.3 is 12.1 Å². The van der Waals surface area contributed by atoms with Gasteiger partial charge in [0, 0.05) is 24.6 Å². The molecule has 194 valence electrons. The molecule has 37 heavy (non-hydrogen) atoms. The maximum Gasteiger partial charge on any atom is 0.409 e. The van der Waals surface area contributed by atoms with Crippen molar-refractivity contribution < 1.29 is 19.4 Å². The van der Waals surface area contributed by atoms with Crippen LogP contribution < -0.4 is 0 Å². The first-order valence-electron chi connectivity index (χ1n) is 13.6. The molecule has 1 aliphatic heterocycles. The van der Waals surface area contributed by atoms with Crippen LogP contribution in [0.25, 0.3) is 11.0 Å². The number of aryl methyl sites for hydroxylation is 1. The van der Waals surface area contributed by atoms with Crippen LogP contribution >= 0.6 is 0 Å². The normalized spacial score (nSPS) is 23.4. The van der Waals surface area contributed by atoms with E-state index in [0.29, 0.717) is 31.8 Å². The van der Waals surface area contributed by atoms with Gasteiger partial charge in [0.15, 0.2) is 0 Å². The Kier molecular flexibility index (Phi) is 6.39. The molecule has 0 spiro atoms. The smallest absolute Gasteiger partial charge is 0.409 e. The fraction of sp³-hybridized carbons (Fsp3) is 0.500. The second-order valence-electron chi connectivity index (χ2n) is 11.1. The first-order chi connectivity index (χ1) is 18.0. The number of nitrogens with zero attached hydrogens (tertiary/aromatic N) is 3. The molecule has 0 bridgehead atoms. The minimum Gasteiger partial charge on any atom is -0.481 e. The molecular weight excluding hydrogens is 466 g/mol. The van der Waals surface area contributed by atoms with E-state index in [1.54, 1.807) is 4.90 Å². The van der Waals surface area contributed by atoms with E-state index in [4.69, 9.17) is 9.72 Å². The minimum absolute atomic E-state index is 0.245. The Balaban J connectivity index is 1.37. The molecule has 2 heterocycles. The third kappa shape index (κ3) is 4.49. The van der Waals surface area contributed by atoms with Crippen LogP contribution in [0.15, 0.2) is 36.4 Å². The van der Waals surface area contributed by atoms with Crippen molar-refractivity contribution in [1.82, 2.24) is 14.5 Å². The molecule has 1 atom stereocenters. The van der Waals surface area contributed by atoms with Gasteiger partial charge in [-0.1, -0.05) is 30.3 Å². The average Bonchev–Trinajstić information content (AvgIpc) is 3.30. The van der Waals surface area contributed by atoms with Crippen molar-refractivity contribution in [1.29, 1.82) is 0 Å². The first-order valence-corrected chi connectivity index (χ1v) is 13.6. The fourth-order valence-electron chi connectivity index (χ4n) is 6.82. The Bertz CT molecular complexity index is 1340. The average molecular weight is 502 g/mol. The highest BCUT2D eigenvalue weighted by Crippen LogP contribution is 2.39. The second-order valence-corrected chi connectivity index (χ2v) is 11.1. The number of rotatable bonds is 4. The van der Waals surface area contributed by atoms with E-state index in [-0.39, 0.29) is 17.9 Å². The molecule has 1 N–H and O–H groups in total. The van der Waals surface area contributed by atoms with E-state index in [9.17, 15) is 14.7 Å². The summed E-state index contributed by atoms with van der Waals surface area (Å²) < 4.78 is 7.45. The van der Waals surface area contributed by atoms with Gasteiger partial charge in [0.1, 0.15) is 5.82 Å². The van der Waals surface area contributed by atoms with Crippen LogP contribution in [-0.2, 0) is 41.9 Å². The fourth-order valence-corrected chi connectivity index (χ4v) is 6.82. The highest BCUT2D eigenvalue weighted by atomic mass is 16.5. The summed E-state index contributed by atoms with van der Waals surface area (Å²) in [7, 11) is 1.43. The molecule has 1 amide bonds. The van der Waals surface area contributed by atoms with Crippen LogP contribution in [-0.4, -0.2) is 45.3 Å². The number of carboxylic acid groups (broad SMARTS) is 1. The van der Waals surface area contributed by atoms with E-state index in [1.165, 1.54) is 23.8 Å². The summed E-state index contributed by atoms with van der Waals surface area (Å²) in [5.74, 6) is 0.968. The number of methoxy groups -OCH3 is 1. The molecule has 3 aliphatic rings. The van der Waals surface area contributed by atoms with Gasteiger partial charge in [0.2, 0.25) is 0 Å². The number of carboxylic acids is 1. The van der Waals surface area contributed by atoms with Crippen molar-refractivity contribution in [2.45, 2.75) is 70.4 Å². The number of hydrogen-bond acceptors (Lipinski definition) is 4. The van der Waals surface area contributed by atoms with Crippen LogP contribution in [0.4, 0.5) is 4.79 Å². The lowest BCUT2D eigenvalue weighted by molar-refractivity contribution is -0.142. The summed E-state index contributed by atoms with van der Waals surface area (Å²) in [6.07, 6.45) is 6.94. The number of aliphatic carboxylic acids is 1.